The van der Waals surface area contributed by atoms with Crippen LogP contribution in [0.3, 0.4) is 0 Å². The Morgan fingerprint density at radius 2 is 1.81 bits per heavy atom. The molecule has 0 aliphatic rings. The molecule has 21 heavy (non-hydrogen) atoms. The maximum atomic E-state index is 5.78. The summed E-state index contributed by atoms with van der Waals surface area (Å²) in [7, 11) is 0. The molecule has 0 aliphatic carbocycles. The fraction of sp³-hybridized carbons (Fsp3) is 0. The number of benzene rings is 2. The van der Waals surface area contributed by atoms with Gasteiger partial charge < -0.3 is 10.7 Å². The normalized spacial score (nSPS) is 12.1. The Morgan fingerprint density at radius 3 is 2.67 bits per heavy atom. The molecule has 0 unspecified atom stereocenters. The van der Waals surface area contributed by atoms with E-state index in [1.807, 2.05) is 60.8 Å². The summed E-state index contributed by atoms with van der Waals surface area (Å²) in [4.78, 5) is 7.39. The van der Waals surface area contributed by atoms with Crippen molar-refractivity contribution >= 4 is 28.8 Å². The predicted molar refractivity (Wildman–Crippen MR) is 86.8 cm³/mol. The smallest absolute Gasteiger partial charge is 0.214 e. The average molecular weight is 277 g/mol. The minimum absolute atomic E-state index is 0.247. The maximum Gasteiger partial charge on any atom is 0.214 e. The molecular formula is C16H15N5. The Morgan fingerprint density at radius 1 is 1.05 bits per heavy atom. The van der Waals surface area contributed by atoms with Crippen LogP contribution in [0, 0.1) is 0 Å². The zero-order valence-electron chi connectivity index (χ0n) is 11.3. The van der Waals surface area contributed by atoms with Crippen molar-refractivity contribution in [3.63, 3.8) is 0 Å². The van der Waals surface area contributed by atoms with Crippen LogP contribution >= 0.6 is 0 Å². The third-order valence-electron chi connectivity index (χ3n) is 3.01. The van der Waals surface area contributed by atoms with Gasteiger partial charge in [-0.2, -0.15) is 5.10 Å². The van der Waals surface area contributed by atoms with Crippen LogP contribution in [0.5, 0.6) is 0 Å². The second-order valence-corrected chi connectivity index (χ2v) is 4.49. The van der Waals surface area contributed by atoms with E-state index in [4.69, 9.17) is 5.73 Å². The molecule has 0 aliphatic heterocycles. The van der Waals surface area contributed by atoms with Gasteiger partial charge in [0.05, 0.1) is 11.9 Å². The number of fused-ring (bicyclic) bond motifs is 1. The van der Waals surface area contributed by atoms with Crippen LogP contribution in [-0.2, 0) is 0 Å². The minimum atomic E-state index is 0.247. The highest BCUT2D eigenvalue weighted by molar-refractivity contribution is 5.99. The molecule has 1 aromatic heterocycles. The zero-order valence-corrected chi connectivity index (χ0v) is 11.3. The molecular weight excluding hydrogens is 262 g/mol. The second-order valence-electron chi connectivity index (χ2n) is 4.49. The summed E-state index contributed by atoms with van der Waals surface area (Å²) in [6.07, 6.45) is 3.62. The first-order valence-electron chi connectivity index (χ1n) is 6.57. The summed E-state index contributed by atoms with van der Waals surface area (Å²) in [5.41, 5.74) is 11.3. The number of H-pyrrole nitrogens is 1. The van der Waals surface area contributed by atoms with Crippen LogP contribution in [0.15, 0.2) is 70.9 Å². The first kappa shape index (κ1) is 12.9. The van der Waals surface area contributed by atoms with E-state index in [2.05, 4.69) is 20.5 Å². The van der Waals surface area contributed by atoms with E-state index in [0.29, 0.717) is 0 Å². The van der Waals surface area contributed by atoms with Crippen LogP contribution < -0.4 is 11.2 Å². The zero-order chi connectivity index (χ0) is 14.5. The molecule has 4 N–H and O–H groups in total. The van der Waals surface area contributed by atoms with Crippen molar-refractivity contribution in [1.29, 1.82) is 0 Å². The molecule has 0 bridgehead atoms. The lowest BCUT2D eigenvalue weighted by Crippen LogP contribution is -2.26. The topological polar surface area (TPSA) is 78.6 Å². The summed E-state index contributed by atoms with van der Waals surface area (Å²) in [5, 5.41) is 5.22. The second kappa shape index (κ2) is 5.92. The Labute approximate surface area is 122 Å². The third-order valence-corrected chi connectivity index (χ3v) is 3.01. The van der Waals surface area contributed by atoms with Gasteiger partial charge in [-0.3, -0.25) is 0 Å². The fourth-order valence-electron chi connectivity index (χ4n) is 2.04. The molecule has 0 saturated carbocycles. The lowest BCUT2D eigenvalue weighted by atomic mass is 10.2. The summed E-state index contributed by atoms with van der Waals surface area (Å²) < 4.78 is 0. The van der Waals surface area contributed by atoms with Crippen molar-refractivity contribution < 1.29 is 0 Å². The lowest BCUT2D eigenvalue weighted by Gasteiger charge is -1.98. The van der Waals surface area contributed by atoms with Crippen LogP contribution in [0.25, 0.3) is 10.9 Å². The van der Waals surface area contributed by atoms with Gasteiger partial charge in [0.15, 0.2) is 0 Å². The predicted octanol–water partition coefficient (Wildman–Crippen LogP) is 2.74. The van der Waals surface area contributed by atoms with Crippen molar-refractivity contribution in [1.82, 2.24) is 10.4 Å². The van der Waals surface area contributed by atoms with E-state index in [9.17, 15) is 0 Å². The molecule has 0 spiro atoms. The fourth-order valence-corrected chi connectivity index (χ4v) is 2.04. The molecule has 3 rings (SSSR count). The monoisotopic (exact) mass is 277 g/mol. The number of nitrogens with zero attached hydrogens (tertiary/aromatic N) is 2. The van der Waals surface area contributed by atoms with Crippen molar-refractivity contribution in [3.05, 3.63) is 66.4 Å². The number of nitrogens with two attached hydrogens (primary N) is 1. The molecule has 5 nitrogen and oxygen atoms in total. The van der Waals surface area contributed by atoms with Gasteiger partial charge in [-0.25, -0.2) is 10.4 Å². The van der Waals surface area contributed by atoms with E-state index >= 15 is 0 Å². The standard InChI is InChI=1S/C16H15N5/c17-16(20-13-6-2-1-3-7-13)21-19-11-12-10-18-15-9-5-4-8-14(12)15/h1-11,18H,(H3,17,20,21)/b19-11-. The van der Waals surface area contributed by atoms with Gasteiger partial charge in [0.25, 0.3) is 0 Å². The number of hydrazone groups is 1. The minimum Gasteiger partial charge on any atom is -0.368 e. The number of hydrogen-bond acceptors (Lipinski definition) is 2. The lowest BCUT2D eigenvalue weighted by molar-refractivity contribution is 1.01. The SMILES string of the molecule is NC(=Nc1ccccc1)N/N=C\c1c[nH]c2ccccc12. The molecule has 0 radical (unpaired) electrons. The number of rotatable bonds is 3. The molecule has 0 atom stereocenters. The number of aliphatic imine (C=N–C) groups is 1. The third kappa shape index (κ3) is 3.09. The van der Waals surface area contributed by atoms with Crippen LogP contribution in [0.1, 0.15) is 5.56 Å². The van der Waals surface area contributed by atoms with E-state index in [1.165, 1.54) is 0 Å². The van der Waals surface area contributed by atoms with Gasteiger partial charge in [-0.05, 0) is 18.2 Å². The molecule has 0 saturated heterocycles. The molecule has 3 aromatic rings. The summed E-state index contributed by atoms with van der Waals surface area (Å²) in [5.74, 6) is 0.247. The molecule has 0 fully saturated rings. The van der Waals surface area contributed by atoms with Crippen molar-refractivity contribution in [2.45, 2.75) is 0 Å². The van der Waals surface area contributed by atoms with Crippen LogP contribution in [0.4, 0.5) is 5.69 Å². The van der Waals surface area contributed by atoms with Gasteiger partial charge >= 0.3 is 0 Å². The number of aromatic nitrogens is 1. The molecule has 2 aromatic carbocycles. The highest BCUT2D eigenvalue weighted by Gasteiger charge is 1.99. The number of para-hydroxylation sites is 2. The van der Waals surface area contributed by atoms with Gasteiger partial charge in [-0.15, -0.1) is 0 Å². The molecule has 104 valence electrons. The number of hydrogen-bond donors (Lipinski definition) is 3. The highest BCUT2D eigenvalue weighted by atomic mass is 15.3. The van der Waals surface area contributed by atoms with E-state index < -0.39 is 0 Å². The number of aromatic amines is 1. The van der Waals surface area contributed by atoms with E-state index in [0.717, 1.165) is 22.2 Å². The number of nitrogens with one attached hydrogen (secondary N) is 2. The van der Waals surface area contributed by atoms with Gasteiger partial charge in [-0.1, -0.05) is 36.4 Å². The van der Waals surface area contributed by atoms with E-state index in [1.54, 1.807) is 6.21 Å². The first-order chi connectivity index (χ1) is 10.3. The first-order valence-corrected chi connectivity index (χ1v) is 6.57. The van der Waals surface area contributed by atoms with Gasteiger partial charge in [0.1, 0.15) is 0 Å². The molecule has 1 heterocycles. The average Bonchev–Trinajstić information content (AvgIpc) is 2.92. The number of guanidine groups is 1. The van der Waals surface area contributed by atoms with Crippen LogP contribution in [-0.4, -0.2) is 17.2 Å². The highest BCUT2D eigenvalue weighted by Crippen LogP contribution is 2.15. The van der Waals surface area contributed by atoms with Crippen molar-refractivity contribution in [2.75, 3.05) is 0 Å². The van der Waals surface area contributed by atoms with Crippen LogP contribution in [0.2, 0.25) is 0 Å². The maximum absolute atomic E-state index is 5.78. The van der Waals surface area contributed by atoms with Crippen molar-refractivity contribution in [3.8, 4) is 0 Å². The summed E-state index contributed by atoms with van der Waals surface area (Å²) in [6, 6.07) is 17.5. The van der Waals surface area contributed by atoms with Crippen molar-refractivity contribution in [2.24, 2.45) is 15.8 Å². The van der Waals surface area contributed by atoms with Gasteiger partial charge in [0.2, 0.25) is 5.96 Å². The Bertz CT molecular complexity index is 787. The quantitative estimate of drug-likeness (QED) is 0.391. The molecule has 0 amide bonds. The largest absolute Gasteiger partial charge is 0.368 e. The van der Waals surface area contributed by atoms with Gasteiger partial charge in [0, 0.05) is 22.7 Å². The summed E-state index contributed by atoms with van der Waals surface area (Å²) in [6.45, 7) is 0. The molecule has 5 heteroatoms. The van der Waals surface area contributed by atoms with E-state index in [-0.39, 0.29) is 5.96 Å². The summed E-state index contributed by atoms with van der Waals surface area (Å²) >= 11 is 0. The Kier molecular flexibility index (Phi) is 3.64. The Hall–Kier alpha value is -3.08. The Balaban J connectivity index is 1.71.